The van der Waals surface area contributed by atoms with E-state index in [0.717, 1.165) is 24.2 Å². The van der Waals surface area contributed by atoms with Crippen molar-refractivity contribution in [2.75, 3.05) is 13.7 Å². The molecule has 0 fully saturated rings. The summed E-state index contributed by atoms with van der Waals surface area (Å²) in [4.78, 5) is 0. The lowest BCUT2D eigenvalue weighted by atomic mass is 10.1. The zero-order chi connectivity index (χ0) is 13.5. The fourth-order valence-corrected chi connectivity index (χ4v) is 1.92. The molecule has 3 heteroatoms. The number of hydrogen-bond acceptors (Lipinski definition) is 3. The van der Waals surface area contributed by atoms with Gasteiger partial charge < -0.3 is 14.6 Å². The van der Waals surface area contributed by atoms with Crippen LogP contribution in [0, 0.1) is 5.92 Å². The number of aliphatic hydroxyl groups is 1. The second-order valence-corrected chi connectivity index (χ2v) is 4.78. The Kier molecular flexibility index (Phi) is 5.99. The van der Waals surface area contributed by atoms with Gasteiger partial charge >= 0.3 is 0 Å². The van der Waals surface area contributed by atoms with Crippen LogP contribution < -0.4 is 9.47 Å². The van der Waals surface area contributed by atoms with Gasteiger partial charge in [-0.05, 0) is 31.4 Å². The van der Waals surface area contributed by atoms with Crippen molar-refractivity contribution >= 4 is 0 Å². The van der Waals surface area contributed by atoms with Crippen molar-refractivity contribution < 1.29 is 14.6 Å². The average molecular weight is 252 g/mol. The molecule has 0 saturated heterocycles. The second kappa shape index (κ2) is 7.27. The van der Waals surface area contributed by atoms with Crippen LogP contribution in [-0.2, 0) is 0 Å². The molecule has 0 aliphatic rings. The molecule has 0 aliphatic carbocycles. The van der Waals surface area contributed by atoms with Gasteiger partial charge in [0.2, 0.25) is 0 Å². The van der Waals surface area contributed by atoms with Crippen molar-refractivity contribution in [1.29, 1.82) is 0 Å². The minimum atomic E-state index is -0.535. The molecule has 1 rings (SSSR count). The van der Waals surface area contributed by atoms with E-state index in [1.165, 1.54) is 0 Å². The maximum atomic E-state index is 9.72. The monoisotopic (exact) mass is 252 g/mol. The van der Waals surface area contributed by atoms with Gasteiger partial charge in [-0.1, -0.05) is 20.3 Å². The maximum Gasteiger partial charge on any atom is 0.128 e. The molecule has 2 atom stereocenters. The van der Waals surface area contributed by atoms with E-state index in [-0.39, 0.29) is 0 Å². The molecule has 0 saturated carbocycles. The third-order valence-corrected chi connectivity index (χ3v) is 2.98. The zero-order valence-corrected chi connectivity index (χ0v) is 11.8. The number of methoxy groups -OCH3 is 1. The van der Waals surface area contributed by atoms with Crippen LogP contribution in [0.15, 0.2) is 18.2 Å². The molecule has 0 amide bonds. The van der Waals surface area contributed by atoms with E-state index in [4.69, 9.17) is 9.47 Å². The lowest BCUT2D eigenvalue weighted by Gasteiger charge is -2.17. The Labute approximate surface area is 110 Å². The summed E-state index contributed by atoms with van der Waals surface area (Å²) >= 11 is 0. The highest BCUT2D eigenvalue weighted by molar-refractivity contribution is 5.41. The Hall–Kier alpha value is -1.22. The van der Waals surface area contributed by atoms with Crippen LogP contribution >= 0.6 is 0 Å². The van der Waals surface area contributed by atoms with E-state index in [0.29, 0.717) is 18.3 Å². The number of benzene rings is 1. The van der Waals surface area contributed by atoms with Gasteiger partial charge in [0.05, 0.1) is 19.8 Å². The Morgan fingerprint density at radius 1 is 1.28 bits per heavy atom. The maximum absolute atomic E-state index is 9.72. The predicted octanol–water partition coefficient (Wildman–Crippen LogP) is 3.56. The van der Waals surface area contributed by atoms with E-state index in [1.807, 2.05) is 18.2 Å². The SMILES string of the molecule is CCCC(C)COc1cc(OC)ccc1C(C)O. The van der Waals surface area contributed by atoms with E-state index >= 15 is 0 Å². The molecule has 102 valence electrons. The molecular weight excluding hydrogens is 228 g/mol. The van der Waals surface area contributed by atoms with Gasteiger partial charge in [-0.3, -0.25) is 0 Å². The van der Waals surface area contributed by atoms with Gasteiger partial charge in [-0.25, -0.2) is 0 Å². The first kappa shape index (κ1) is 14.8. The van der Waals surface area contributed by atoms with Crippen molar-refractivity contribution in [3.63, 3.8) is 0 Å². The molecule has 0 bridgehead atoms. The van der Waals surface area contributed by atoms with E-state index < -0.39 is 6.10 Å². The molecule has 0 heterocycles. The minimum Gasteiger partial charge on any atom is -0.497 e. The first-order valence-corrected chi connectivity index (χ1v) is 6.57. The molecule has 1 N–H and O–H groups in total. The molecule has 0 spiro atoms. The molecule has 3 nitrogen and oxygen atoms in total. The quantitative estimate of drug-likeness (QED) is 0.806. The smallest absolute Gasteiger partial charge is 0.128 e. The molecule has 0 aromatic heterocycles. The Morgan fingerprint density at radius 3 is 2.56 bits per heavy atom. The summed E-state index contributed by atoms with van der Waals surface area (Å²) in [5, 5.41) is 9.72. The Bertz CT molecular complexity index is 361. The summed E-state index contributed by atoms with van der Waals surface area (Å²) in [6.07, 6.45) is 1.77. The fraction of sp³-hybridized carbons (Fsp3) is 0.600. The van der Waals surface area contributed by atoms with Gasteiger partial charge in [-0.15, -0.1) is 0 Å². The lowest BCUT2D eigenvalue weighted by Crippen LogP contribution is -2.10. The van der Waals surface area contributed by atoms with Gasteiger partial charge in [0, 0.05) is 11.6 Å². The number of rotatable bonds is 7. The summed E-state index contributed by atoms with van der Waals surface area (Å²) in [6.45, 7) is 6.75. The zero-order valence-electron chi connectivity index (χ0n) is 11.8. The third kappa shape index (κ3) is 4.22. The number of aliphatic hydroxyl groups excluding tert-OH is 1. The highest BCUT2D eigenvalue weighted by Gasteiger charge is 2.12. The molecule has 18 heavy (non-hydrogen) atoms. The normalized spacial score (nSPS) is 14.1. The highest BCUT2D eigenvalue weighted by Crippen LogP contribution is 2.30. The highest BCUT2D eigenvalue weighted by atomic mass is 16.5. The number of hydrogen-bond donors (Lipinski definition) is 1. The van der Waals surface area contributed by atoms with Gasteiger partial charge in [0.25, 0.3) is 0 Å². The summed E-state index contributed by atoms with van der Waals surface area (Å²) in [6, 6.07) is 5.52. The second-order valence-electron chi connectivity index (χ2n) is 4.78. The van der Waals surface area contributed by atoms with Crippen LogP contribution in [0.3, 0.4) is 0 Å². The van der Waals surface area contributed by atoms with Crippen LogP contribution in [-0.4, -0.2) is 18.8 Å². The largest absolute Gasteiger partial charge is 0.497 e. The summed E-state index contributed by atoms with van der Waals surface area (Å²) in [7, 11) is 1.63. The van der Waals surface area contributed by atoms with Crippen LogP contribution in [0.5, 0.6) is 11.5 Å². The van der Waals surface area contributed by atoms with Crippen molar-refractivity contribution in [2.45, 2.75) is 39.7 Å². The van der Waals surface area contributed by atoms with Crippen molar-refractivity contribution in [3.05, 3.63) is 23.8 Å². The van der Waals surface area contributed by atoms with Gasteiger partial charge in [-0.2, -0.15) is 0 Å². The van der Waals surface area contributed by atoms with E-state index in [9.17, 15) is 5.11 Å². The van der Waals surface area contributed by atoms with Crippen LogP contribution in [0.4, 0.5) is 0 Å². The summed E-state index contributed by atoms with van der Waals surface area (Å²) in [5.74, 6) is 1.98. The van der Waals surface area contributed by atoms with Crippen LogP contribution in [0.1, 0.15) is 45.3 Å². The van der Waals surface area contributed by atoms with Crippen molar-refractivity contribution in [2.24, 2.45) is 5.92 Å². The topological polar surface area (TPSA) is 38.7 Å². The van der Waals surface area contributed by atoms with E-state index in [2.05, 4.69) is 13.8 Å². The third-order valence-electron chi connectivity index (χ3n) is 2.98. The summed E-state index contributed by atoms with van der Waals surface area (Å²) < 4.78 is 11.0. The number of ether oxygens (including phenoxy) is 2. The molecule has 1 aromatic carbocycles. The summed E-state index contributed by atoms with van der Waals surface area (Å²) in [5.41, 5.74) is 0.805. The molecule has 0 radical (unpaired) electrons. The Morgan fingerprint density at radius 2 is 2.00 bits per heavy atom. The van der Waals surface area contributed by atoms with Crippen LogP contribution in [0.2, 0.25) is 0 Å². The Balaban J connectivity index is 2.77. The predicted molar refractivity (Wildman–Crippen MR) is 73.2 cm³/mol. The molecular formula is C15H24O3. The molecule has 2 unspecified atom stereocenters. The molecule has 1 aromatic rings. The van der Waals surface area contributed by atoms with E-state index in [1.54, 1.807) is 14.0 Å². The fourth-order valence-electron chi connectivity index (χ4n) is 1.92. The minimum absolute atomic E-state index is 0.517. The molecule has 0 aliphatic heterocycles. The van der Waals surface area contributed by atoms with Crippen molar-refractivity contribution in [1.82, 2.24) is 0 Å². The lowest BCUT2D eigenvalue weighted by molar-refractivity contribution is 0.186. The van der Waals surface area contributed by atoms with Crippen LogP contribution in [0.25, 0.3) is 0 Å². The van der Waals surface area contributed by atoms with Gasteiger partial charge in [0.15, 0.2) is 0 Å². The van der Waals surface area contributed by atoms with Crippen molar-refractivity contribution in [3.8, 4) is 11.5 Å². The standard InChI is InChI=1S/C15H24O3/c1-5-6-11(2)10-18-15-9-13(17-4)7-8-14(15)12(3)16/h7-9,11-12,16H,5-6,10H2,1-4H3. The van der Waals surface area contributed by atoms with Gasteiger partial charge in [0.1, 0.15) is 11.5 Å². The first-order valence-electron chi connectivity index (χ1n) is 6.57. The first-order chi connectivity index (χ1) is 8.58. The average Bonchev–Trinajstić information content (AvgIpc) is 2.36.